The van der Waals surface area contributed by atoms with Gasteiger partial charge in [-0.25, -0.2) is 4.98 Å². The molecule has 0 fully saturated rings. The summed E-state index contributed by atoms with van der Waals surface area (Å²) in [6, 6.07) is 7.20. The van der Waals surface area contributed by atoms with Gasteiger partial charge in [0.25, 0.3) is 0 Å². The predicted molar refractivity (Wildman–Crippen MR) is 80.0 cm³/mol. The first-order chi connectivity index (χ1) is 10.2. The molecule has 0 radical (unpaired) electrons. The first-order valence-electron chi connectivity index (χ1n) is 6.82. The number of ether oxygens (including phenoxy) is 1. The van der Waals surface area contributed by atoms with Crippen LogP contribution in [0.1, 0.15) is 11.3 Å². The van der Waals surface area contributed by atoms with Crippen molar-refractivity contribution in [2.45, 2.75) is 18.9 Å². The number of amides is 1. The predicted octanol–water partition coefficient (Wildman–Crippen LogP) is 0.647. The molecule has 4 N–H and O–H groups in total. The molecule has 6 heteroatoms. The smallest absolute Gasteiger partial charge is 0.237 e. The summed E-state index contributed by atoms with van der Waals surface area (Å²) in [5.74, 6) is 0.655. The maximum Gasteiger partial charge on any atom is 0.237 e. The number of hydrogen-bond acceptors (Lipinski definition) is 4. The zero-order valence-electron chi connectivity index (χ0n) is 12.0. The molecular weight excluding hydrogens is 268 g/mol. The Bertz CT molecular complexity index is 569. The van der Waals surface area contributed by atoms with Gasteiger partial charge in [-0.1, -0.05) is 12.1 Å². The van der Waals surface area contributed by atoms with Gasteiger partial charge in [0.2, 0.25) is 5.91 Å². The van der Waals surface area contributed by atoms with Gasteiger partial charge in [0, 0.05) is 24.9 Å². The van der Waals surface area contributed by atoms with Crippen molar-refractivity contribution in [2.75, 3.05) is 13.7 Å². The highest BCUT2D eigenvalue weighted by Gasteiger charge is 2.14. The normalized spacial score (nSPS) is 11.9. The van der Waals surface area contributed by atoms with Crippen LogP contribution in [-0.4, -0.2) is 35.6 Å². The van der Waals surface area contributed by atoms with Crippen LogP contribution in [0.2, 0.25) is 0 Å². The standard InChI is InChI=1S/C15H20N4O2/c1-21-13-4-2-3-11(7-13)5-6-18-15(20)14(16)8-12-9-17-10-19-12/h2-4,7,9-10,14H,5-6,8,16H2,1H3,(H,17,19)(H,18,20)/t14-/m1/s1. The van der Waals surface area contributed by atoms with Crippen molar-refractivity contribution in [3.8, 4) is 5.75 Å². The number of carbonyl (C=O) groups is 1. The lowest BCUT2D eigenvalue weighted by Crippen LogP contribution is -2.42. The Morgan fingerprint density at radius 3 is 3.10 bits per heavy atom. The molecule has 0 bridgehead atoms. The second-order valence-electron chi connectivity index (χ2n) is 4.78. The molecule has 1 aromatic heterocycles. The molecule has 2 rings (SSSR count). The molecule has 6 nitrogen and oxygen atoms in total. The Labute approximate surface area is 123 Å². The summed E-state index contributed by atoms with van der Waals surface area (Å²) in [7, 11) is 1.63. The van der Waals surface area contributed by atoms with E-state index in [1.165, 1.54) is 0 Å². The monoisotopic (exact) mass is 288 g/mol. The average molecular weight is 288 g/mol. The van der Waals surface area contributed by atoms with Crippen molar-refractivity contribution in [1.82, 2.24) is 15.3 Å². The molecule has 112 valence electrons. The second-order valence-corrected chi connectivity index (χ2v) is 4.78. The number of benzene rings is 1. The first-order valence-corrected chi connectivity index (χ1v) is 6.82. The fourth-order valence-corrected chi connectivity index (χ4v) is 2.02. The minimum absolute atomic E-state index is 0.160. The Balaban J connectivity index is 1.75. The van der Waals surface area contributed by atoms with Crippen molar-refractivity contribution in [3.05, 3.63) is 48.0 Å². The van der Waals surface area contributed by atoms with Crippen molar-refractivity contribution in [2.24, 2.45) is 5.73 Å². The van der Waals surface area contributed by atoms with E-state index in [1.54, 1.807) is 19.6 Å². The molecule has 0 spiro atoms. The van der Waals surface area contributed by atoms with Gasteiger partial charge >= 0.3 is 0 Å². The van der Waals surface area contributed by atoms with Crippen molar-refractivity contribution >= 4 is 5.91 Å². The second kappa shape index (κ2) is 7.44. The van der Waals surface area contributed by atoms with Gasteiger partial charge in [-0.3, -0.25) is 4.79 Å². The third kappa shape index (κ3) is 4.61. The topological polar surface area (TPSA) is 93.0 Å². The lowest BCUT2D eigenvalue weighted by atomic mass is 10.1. The maximum atomic E-state index is 11.9. The van der Waals surface area contributed by atoms with Gasteiger partial charge in [0.1, 0.15) is 5.75 Å². The van der Waals surface area contributed by atoms with Crippen LogP contribution >= 0.6 is 0 Å². The largest absolute Gasteiger partial charge is 0.497 e. The van der Waals surface area contributed by atoms with E-state index in [1.807, 2.05) is 24.3 Å². The van der Waals surface area contributed by atoms with Crippen LogP contribution in [0.5, 0.6) is 5.75 Å². The SMILES string of the molecule is COc1cccc(CCNC(=O)[C@H](N)Cc2cnc[nH]2)c1. The number of imidazole rings is 1. The zero-order valence-corrected chi connectivity index (χ0v) is 12.0. The maximum absolute atomic E-state index is 11.9. The number of nitrogens with one attached hydrogen (secondary N) is 2. The number of aromatic amines is 1. The van der Waals surface area contributed by atoms with E-state index in [9.17, 15) is 4.79 Å². The average Bonchev–Trinajstić information content (AvgIpc) is 3.00. The fraction of sp³-hybridized carbons (Fsp3) is 0.333. The Morgan fingerprint density at radius 1 is 1.52 bits per heavy atom. The number of methoxy groups -OCH3 is 1. The lowest BCUT2D eigenvalue weighted by molar-refractivity contribution is -0.122. The Hall–Kier alpha value is -2.34. The van der Waals surface area contributed by atoms with E-state index in [4.69, 9.17) is 10.5 Å². The summed E-state index contributed by atoms with van der Waals surface area (Å²) in [5.41, 5.74) is 7.81. The van der Waals surface area contributed by atoms with Gasteiger partial charge in [0.05, 0.1) is 19.5 Å². The molecule has 1 aromatic carbocycles. The van der Waals surface area contributed by atoms with Crippen LogP contribution in [0, 0.1) is 0 Å². The molecule has 0 unspecified atom stereocenters. The fourth-order valence-electron chi connectivity index (χ4n) is 2.02. The molecule has 1 amide bonds. The number of H-pyrrole nitrogens is 1. The number of aromatic nitrogens is 2. The van der Waals surface area contributed by atoms with Crippen molar-refractivity contribution < 1.29 is 9.53 Å². The Morgan fingerprint density at radius 2 is 2.38 bits per heavy atom. The van der Waals surface area contributed by atoms with Crippen LogP contribution in [0.3, 0.4) is 0 Å². The van der Waals surface area contributed by atoms with Gasteiger partial charge in [0.15, 0.2) is 0 Å². The highest BCUT2D eigenvalue weighted by molar-refractivity contribution is 5.81. The van der Waals surface area contributed by atoms with E-state index >= 15 is 0 Å². The number of hydrogen-bond donors (Lipinski definition) is 3. The summed E-state index contributed by atoms with van der Waals surface area (Å²) in [5, 5.41) is 2.84. The molecular formula is C15H20N4O2. The summed E-state index contributed by atoms with van der Waals surface area (Å²) in [6.07, 6.45) is 4.43. The molecule has 21 heavy (non-hydrogen) atoms. The van der Waals surface area contributed by atoms with E-state index in [-0.39, 0.29) is 5.91 Å². The van der Waals surface area contributed by atoms with Crippen LogP contribution in [0.25, 0.3) is 0 Å². The summed E-state index contributed by atoms with van der Waals surface area (Å²) >= 11 is 0. The van der Waals surface area contributed by atoms with E-state index in [0.717, 1.165) is 23.4 Å². The zero-order chi connectivity index (χ0) is 15.1. The molecule has 1 heterocycles. The van der Waals surface area contributed by atoms with Crippen molar-refractivity contribution in [1.29, 1.82) is 0 Å². The van der Waals surface area contributed by atoms with Gasteiger partial charge in [-0.15, -0.1) is 0 Å². The quantitative estimate of drug-likeness (QED) is 0.697. The molecule has 0 saturated carbocycles. The van der Waals surface area contributed by atoms with Crippen LogP contribution < -0.4 is 15.8 Å². The summed E-state index contributed by atoms with van der Waals surface area (Å²) in [6.45, 7) is 0.544. The number of rotatable bonds is 7. The van der Waals surface area contributed by atoms with Crippen LogP contribution in [-0.2, 0) is 17.6 Å². The number of nitrogens with two attached hydrogens (primary N) is 1. The lowest BCUT2D eigenvalue weighted by Gasteiger charge is -2.11. The van der Waals surface area contributed by atoms with E-state index < -0.39 is 6.04 Å². The van der Waals surface area contributed by atoms with E-state index in [2.05, 4.69) is 15.3 Å². The minimum atomic E-state index is -0.573. The highest BCUT2D eigenvalue weighted by atomic mass is 16.5. The van der Waals surface area contributed by atoms with Crippen LogP contribution in [0.15, 0.2) is 36.8 Å². The van der Waals surface area contributed by atoms with Gasteiger partial charge in [-0.2, -0.15) is 0 Å². The van der Waals surface area contributed by atoms with Gasteiger partial charge < -0.3 is 20.8 Å². The molecule has 0 saturated heterocycles. The number of carbonyl (C=O) groups excluding carboxylic acids is 1. The number of nitrogens with zero attached hydrogens (tertiary/aromatic N) is 1. The highest BCUT2D eigenvalue weighted by Crippen LogP contribution is 2.12. The molecule has 0 aliphatic heterocycles. The van der Waals surface area contributed by atoms with Crippen molar-refractivity contribution in [3.63, 3.8) is 0 Å². The molecule has 0 aliphatic carbocycles. The molecule has 1 atom stereocenters. The first kappa shape index (κ1) is 15.1. The molecule has 2 aromatic rings. The van der Waals surface area contributed by atoms with E-state index in [0.29, 0.717) is 13.0 Å². The molecule has 0 aliphatic rings. The summed E-state index contributed by atoms with van der Waals surface area (Å²) in [4.78, 5) is 18.7. The van der Waals surface area contributed by atoms with Gasteiger partial charge in [-0.05, 0) is 24.1 Å². The minimum Gasteiger partial charge on any atom is -0.497 e. The Kier molecular flexibility index (Phi) is 5.34. The third-order valence-electron chi connectivity index (χ3n) is 3.18. The summed E-state index contributed by atoms with van der Waals surface area (Å²) < 4.78 is 5.16. The van der Waals surface area contributed by atoms with Crippen LogP contribution in [0.4, 0.5) is 0 Å². The third-order valence-corrected chi connectivity index (χ3v) is 3.18.